The molecule has 0 saturated heterocycles. The number of hydrogen-bond donors (Lipinski definition) is 2. The molecule has 1 unspecified atom stereocenters. The zero-order chi connectivity index (χ0) is 10.6. The predicted molar refractivity (Wildman–Crippen MR) is 59.6 cm³/mol. The van der Waals surface area contributed by atoms with E-state index < -0.39 is 0 Å². The van der Waals surface area contributed by atoms with Crippen molar-refractivity contribution in [2.45, 2.75) is 25.9 Å². The minimum Gasteiger partial charge on any atom is -0.394 e. The van der Waals surface area contributed by atoms with Crippen LogP contribution in [0.2, 0.25) is 5.02 Å². The van der Waals surface area contributed by atoms with Crippen LogP contribution in [0.4, 0.5) is 0 Å². The maximum absolute atomic E-state index is 9.21. The SMILES string of the molecule is CC(C)NC(CO)c1cccc(Cl)c1. The van der Waals surface area contributed by atoms with E-state index >= 15 is 0 Å². The molecule has 0 radical (unpaired) electrons. The first-order chi connectivity index (χ1) is 6.63. The summed E-state index contributed by atoms with van der Waals surface area (Å²) in [5.74, 6) is 0. The van der Waals surface area contributed by atoms with Crippen LogP contribution >= 0.6 is 11.6 Å². The molecule has 1 rings (SSSR count). The Labute approximate surface area is 89.9 Å². The summed E-state index contributed by atoms with van der Waals surface area (Å²) in [4.78, 5) is 0. The van der Waals surface area contributed by atoms with Crippen molar-refractivity contribution in [2.24, 2.45) is 0 Å². The first kappa shape index (κ1) is 11.5. The number of halogens is 1. The second-order valence-electron chi connectivity index (χ2n) is 3.61. The van der Waals surface area contributed by atoms with Gasteiger partial charge in [0.1, 0.15) is 0 Å². The van der Waals surface area contributed by atoms with Gasteiger partial charge in [0.05, 0.1) is 12.6 Å². The zero-order valence-corrected chi connectivity index (χ0v) is 9.25. The molecule has 0 aliphatic heterocycles. The van der Waals surface area contributed by atoms with E-state index in [1.165, 1.54) is 0 Å². The summed E-state index contributed by atoms with van der Waals surface area (Å²) in [5, 5.41) is 13.2. The zero-order valence-electron chi connectivity index (χ0n) is 8.50. The fraction of sp³-hybridized carbons (Fsp3) is 0.455. The van der Waals surface area contributed by atoms with Gasteiger partial charge in [-0.3, -0.25) is 0 Å². The smallest absolute Gasteiger partial charge is 0.0626 e. The van der Waals surface area contributed by atoms with Crippen LogP contribution < -0.4 is 5.32 Å². The van der Waals surface area contributed by atoms with E-state index in [0.29, 0.717) is 11.1 Å². The second-order valence-corrected chi connectivity index (χ2v) is 4.05. The summed E-state index contributed by atoms with van der Waals surface area (Å²) >= 11 is 5.87. The molecule has 0 aliphatic rings. The predicted octanol–water partition coefficient (Wildman–Crippen LogP) is 2.37. The number of hydrogen-bond acceptors (Lipinski definition) is 2. The van der Waals surface area contributed by atoms with Crippen LogP contribution in [0.5, 0.6) is 0 Å². The third kappa shape index (κ3) is 3.29. The molecule has 0 bridgehead atoms. The first-order valence-corrected chi connectivity index (χ1v) is 5.13. The molecule has 1 aromatic rings. The van der Waals surface area contributed by atoms with E-state index in [-0.39, 0.29) is 12.6 Å². The molecule has 0 saturated carbocycles. The molecule has 0 spiro atoms. The van der Waals surface area contributed by atoms with Crippen LogP contribution in [0, 0.1) is 0 Å². The third-order valence-electron chi connectivity index (χ3n) is 1.97. The summed E-state index contributed by atoms with van der Waals surface area (Å²) in [6.45, 7) is 4.18. The van der Waals surface area contributed by atoms with Gasteiger partial charge in [0, 0.05) is 11.1 Å². The number of rotatable bonds is 4. The van der Waals surface area contributed by atoms with Gasteiger partial charge in [-0.1, -0.05) is 37.6 Å². The molecule has 1 atom stereocenters. The van der Waals surface area contributed by atoms with Gasteiger partial charge in [-0.25, -0.2) is 0 Å². The molecule has 2 N–H and O–H groups in total. The van der Waals surface area contributed by atoms with Crippen molar-refractivity contribution in [1.82, 2.24) is 5.32 Å². The molecular weight excluding hydrogens is 198 g/mol. The Morgan fingerprint density at radius 1 is 1.43 bits per heavy atom. The normalized spacial score (nSPS) is 13.2. The molecule has 0 fully saturated rings. The minimum absolute atomic E-state index is 0.0336. The van der Waals surface area contributed by atoms with Gasteiger partial charge in [-0.2, -0.15) is 0 Å². The summed E-state index contributed by atoms with van der Waals surface area (Å²) in [6, 6.07) is 7.86. The Morgan fingerprint density at radius 2 is 2.14 bits per heavy atom. The fourth-order valence-corrected chi connectivity index (χ4v) is 1.58. The van der Waals surface area contributed by atoms with Crippen LogP contribution in [-0.2, 0) is 0 Å². The largest absolute Gasteiger partial charge is 0.394 e. The van der Waals surface area contributed by atoms with Gasteiger partial charge < -0.3 is 10.4 Å². The van der Waals surface area contributed by atoms with E-state index in [1.807, 2.05) is 38.1 Å². The minimum atomic E-state index is -0.0336. The molecule has 14 heavy (non-hydrogen) atoms. The van der Waals surface area contributed by atoms with Crippen LogP contribution in [0.1, 0.15) is 25.5 Å². The van der Waals surface area contributed by atoms with Crippen molar-refractivity contribution in [1.29, 1.82) is 0 Å². The lowest BCUT2D eigenvalue weighted by Crippen LogP contribution is -2.30. The molecule has 0 aromatic heterocycles. The Hall–Kier alpha value is -0.570. The van der Waals surface area contributed by atoms with Gasteiger partial charge in [-0.15, -0.1) is 0 Å². The standard InChI is InChI=1S/C11H16ClNO/c1-8(2)13-11(7-14)9-4-3-5-10(12)6-9/h3-6,8,11,13-14H,7H2,1-2H3. The van der Waals surface area contributed by atoms with Crippen molar-refractivity contribution in [2.75, 3.05) is 6.61 Å². The van der Waals surface area contributed by atoms with Gasteiger partial charge in [-0.05, 0) is 17.7 Å². The number of benzene rings is 1. The monoisotopic (exact) mass is 213 g/mol. The lowest BCUT2D eigenvalue weighted by atomic mass is 10.1. The van der Waals surface area contributed by atoms with Gasteiger partial charge >= 0.3 is 0 Å². The summed E-state index contributed by atoms with van der Waals surface area (Å²) in [7, 11) is 0. The number of nitrogens with one attached hydrogen (secondary N) is 1. The van der Waals surface area contributed by atoms with Crippen LogP contribution in [0.3, 0.4) is 0 Å². The van der Waals surface area contributed by atoms with E-state index in [9.17, 15) is 5.11 Å². The first-order valence-electron chi connectivity index (χ1n) is 4.76. The van der Waals surface area contributed by atoms with Gasteiger partial charge in [0.2, 0.25) is 0 Å². The van der Waals surface area contributed by atoms with Crippen molar-refractivity contribution < 1.29 is 5.11 Å². The molecule has 2 nitrogen and oxygen atoms in total. The Morgan fingerprint density at radius 3 is 2.64 bits per heavy atom. The molecule has 3 heteroatoms. The quantitative estimate of drug-likeness (QED) is 0.805. The lowest BCUT2D eigenvalue weighted by molar-refractivity contribution is 0.237. The van der Waals surface area contributed by atoms with E-state index in [1.54, 1.807) is 0 Å². The van der Waals surface area contributed by atoms with Crippen LogP contribution in [0.25, 0.3) is 0 Å². The summed E-state index contributed by atoms with van der Waals surface area (Å²) < 4.78 is 0. The Bertz CT molecular complexity index is 288. The fourth-order valence-electron chi connectivity index (χ4n) is 1.38. The van der Waals surface area contributed by atoms with Crippen molar-refractivity contribution in [3.8, 4) is 0 Å². The topological polar surface area (TPSA) is 32.3 Å². The average molecular weight is 214 g/mol. The Balaban J connectivity index is 2.78. The van der Waals surface area contributed by atoms with Crippen LogP contribution in [-0.4, -0.2) is 17.8 Å². The van der Waals surface area contributed by atoms with Crippen molar-refractivity contribution >= 4 is 11.6 Å². The molecule has 1 aromatic carbocycles. The Kier molecular flexibility index (Phi) is 4.39. The highest BCUT2D eigenvalue weighted by Crippen LogP contribution is 2.17. The van der Waals surface area contributed by atoms with E-state index in [0.717, 1.165) is 5.56 Å². The summed E-state index contributed by atoms with van der Waals surface area (Å²) in [6.07, 6.45) is 0. The maximum atomic E-state index is 9.21. The summed E-state index contributed by atoms with van der Waals surface area (Å²) in [5.41, 5.74) is 1.02. The third-order valence-corrected chi connectivity index (χ3v) is 2.20. The van der Waals surface area contributed by atoms with Crippen LogP contribution in [0.15, 0.2) is 24.3 Å². The highest BCUT2D eigenvalue weighted by atomic mass is 35.5. The van der Waals surface area contributed by atoms with E-state index in [4.69, 9.17) is 11.6 Å². The second kappa shape index (κ2) is 5.35. The van der Waals surface area contributed by atoms with E-state index in [2.05, 4.69) is 5.32 Å². The molecule has 0 amide bonds. The molecular formula is C11H16ClNO. The maximum Gasteiger partial charge on any atom is 0.0626 e. The highest BCUT2D eigenvalue weighted by molar-refractivity contribution is 6.30. The van der Waals surface area contributed by atoms with Gasteiger partial charge in [0.25, 0.3) is 0 Å². The molecule has 78 valence electrons. The van der Waals surface area contributed by atoms with Crippen molar-refractivity contribution in [3.05, 3.63) is 34.9 Å². The molecule has 0 aliphatic carbocycles. The lowest BCUT2D eigenvalue weighted by Gasteiger charge is -2.19. The average Bonchev–Trinajstić information content (AvgIpc) is 2.14. The number of aliphatic hydroxyl groups excluding tert-OH is 1. The molecule has 0 heterocycles. The van der Waals surface area contributed by atoms with Gasteiger partial charge in [0.15, 0.2) is 0 Å². The highest BCUT2D eigenvalue weighted by Gasteiger charge is 2.10. The van der Waals surface area contributed by atoms with Crippen molar-refractivity contribution in [3.63, 3.8) is 0 Å². The number of aliphatic hydroxyl groups is 1.